The predicted molar refractivity (Wildman–Crippen MR) is 189 cm³/mol. The first-order valence-electron chi connectivity index (χ1n) is 17.4. The van der Waals surface area contributed by atoms with Crippen LogP contribution in [0, 0.1) is 23.7 Å². The summed E-state index contributed by atoms with van der Waals surface area (Å²) in [5.74, 6) is -8.49. The van der Waals surface area contributed by atoms with Gasteiger partial charge in [-0.05, 0) is 55.0 Å². The molecule has 1 saturated carbocycles. The Kier molecular flexibility index (Phi) is 10.2. The maximum Gasteiger partial charge on any atom is 0.417 e. The number of allylic oxidation sites excluding steroid dienone is 2. The summed E-state index contributed by atoms with van der Waals surface area (Å²) < 4.78 is 46.4. The number of pyridine rings is 1. The lowest BCUT2D eigenvalue weighted by molar-refractivity contribution is -0.142. The number of alkyl halides is 3. The first kappa shape index (κ1) is 38.3. The fraction of sp³-hybridized carbons (Fsp3) is 0.368. The van der Waals surface area contributed by atoms with Crippen molar-refractivity contribution in [1.82, 2.24) is 14.9 Å². The zero-order valence-electron chi connectivity index (χ0n) is 28.8. The second kappa shape index (κ2) is 14.6. The number of anilines is 1. The van der Waals surface area contributed by atoms with Gasteiger partial charge in [-0.25, -0.2) is 4.98 Å². The van der Waals surface area contributed by atoms with E-state index in [1.54, 1.807) is 48.5 Å². The van der Waals surface area contributed by atoms with Gasteiger partial charge in [0.05, 0.1) is 40.4 Å². The van der Waals surface area contributed by atoms with Crippen molar-refractivity contribution >= 4 is 58.6 Å². The fourth-order valence-corrected chi connectivity index (χ4v) is 9.14. The Hall–Kier alpha value is -4.99. The second-order valence-electron chi connectivity index (χ2n) is 13.9. The minimum atomic E-state index is -4.77. The Morgan fingerprint density at radius 1 is 1.02 bits per heavy atom. The smallest absolute Gasteiger partial charge is 0.417 e. The largest absolute Gasteiger partial charge is 0.491 e. The van der Waals surface area contributed by atoms with Crippen molar-refractivity contribution < 1.29 is 52.1 Å². The molecule has 288 valence electrons. The molecule has 2 aliphatic carbocycles. The molecular weight excluding hydrogens is 768 g/mol. The highest BCUT2D eigenvalue weighted by molar-refractivity contribution is 6.33. The number of carboxylic acids is 1. The van der Waals surface area contributed by atoms with Crippen molar-refractivity contribution in [2.45, 2.75) is 43.2 Å². The summed E-state index contributed by atoms with van der Waals surface area (Å²) >= 11 is 12.6. The van der Waals surface area contributed by atoms with Gasteiger partial charge in [0.25, 0.3) is 11.8 Å². The number of ether oxygens (including phenoxy) is 1. The maximum atomic E-state index is 15.3. The number of fused-ring (bicyclic) bond motifs is 4. The summed E-state index contributed by atoms with van der Waals surface area (Å²) in [5.41, 5.74) is 1.05. The molecule has 55 heavy (non-hydrogen) atoms. The van der Waals surface area contributed by atoms with E-state index in [1.165, 1.54) is 0 Å². The monoisotopic (exact) mass is 800 g/mol. The van der Waals surface area contributed by atoms with Gasteiger partial charge >= 0.3 is 12.1 Å². The van der Waals surface area contributed by atoms with Gasteiger partial charge in [-0.1, -0.05) is 65.2 Å². The Labute approximate surface area is 321 Å². The van der Waals surface area contributed by atoms with E-state index in [9.17, 15) is 42.6 Å². The molecule has 0 radical (unpaired) electrons. The van der Waals surface area contributed by atoms with E-state index < -0.39 is 87.2 Å². The number of aliphatic carboxylic acids is 1. The summed E-state index contributed by atoms with van der Waals surface area (Å²) in [7, 11) is 0. The molecule has 17 heteroatoms. The lowest BCUT2D eigenvalue weighted by Gasteiger charge is -2.50. The summed E-state index contributed by atoms with van der Waals surface area (Å²) in [5, 5.41) is 19.4. The molecule has 2 saturated heterocycles. The van der Waals surface area contributed by atoms with Crippen molar-refractivity contribution in [2.75, 3.05) is 25.2 Å². The van der Waals surface area contributed by atoms with Crippen LogP contribution in [0.25, 0.3) is 0 Å². The van der Waals surface area contributed by atoms with Crippen molar-refractivity contribution in [1.29, 1.82) is 0 Å². The normalized spacial score (nSPS) is 26.1. The van der Waals surface area contributed by atoms with Crippen LogP contribution < -0.4 is 10.2 Å². The number of amides is 4. The van der Waals surface area contributed by atoms with E-state index in [0.29, 0.717) is 39.0 Å². The molecule has 3 N–H and O–H groups in total. The average molecular weight is 802 g/mol. The van der Waals surface area contributed by atoms with Gasteiger partial charge < -0.3 is 14.9 Å². The van der Waals surface area contributed by atoms with Gasteiger partial charge in [0.15, 0.2) is 5.82 Å². The number of rotatable bonds is 11. The van der Waals surface area contributed by atoms with E-state index in [2.05, 4.69) is 10.4 Å². The SMILES string of the molecule is O=C(O)CCCN1C(=O)[C@H]2[C@H](CC=C3[C@H]2C[C@H]2C(=O)N(Nc4ncc(C(F)(F)F)cc4Cl)C(=O)[C@@]2(c2ccc(Cl)cc2)[C@H]3c2ccccc2OCCO)C1=O. The minimum Gasteiger partial charge on any atom is -0.491 e. The van der Waals surface area contributed by atoms with Gasteiger partial charge in [0, 0.05) is 35.7 Å². The third-order valence-electron chi connectivity index (χ3n) is 11.0. The highest BCUT2D eigenvalue weighted by Gasteiger charge is 2.70. The number of para-hydroxylation sites is 1. The molecule has 12 nitrogen and oxygen atoms in total. The third-order valence-corrected chi connectivity index (χ3v) is 11.5. The zero-order chi connectivity index (χ0) is 39.4. The Balaban J connectivity index is 1.41. The molecule has 6 atom stereocenters. The number of nitrogens with zero attached hydrogens (tertiary/aromatic N) is 3. The van der Waals surface area contributed by atoms with Crippen LogP contribution in [0.1, 0.15) is 48.3 Å². The molecule has 0 bridgehead atoms. The molecule has 3 fully saturated rings. The topological polar surface area (TPSA) is 166 Å². The zero-order valence-corrected chi connectivity index (χ0v) is 30.3. The number of benzene rings is 2. The molecule has 2 aliphatic heterocycles. The van der Waals surface area contributed by atoms with Gasteiger partial charge in [0.1, 0.15) is 12.4 Å². The van der Waals surface area contributed by atoms with Crippen molar-refractivity contribution in [3.63, 3.8) is 0 Å². The van der Waals surface area contributed by atoms with Gasteiger partial charge in [-0.2, -0.15) is 18.2 Å². The number of aliphatic hydroxyl groups excluding tert-OH is 1. The number of aromatic nitrogens is 1. The van der Waals surface area contributed by atoms with Crippen molar-refractivity contribution in [3.05, 3.63) is 99.2 Å². The Morgan fingerprint density at radius 3 is 2.42 bits per heavy atom. The first-order chi connectivity index (χ1) is 26.2. The Morgan fingerprint density at radius 2 is 1.75 bits per heavy atom. The second-order valence-corrected chi connectivity index (χ2v) is 14.7. The molecule has 4 amide bonds. The van der Waals surface area contributed by atoms with E-state index in [-0.39, 0.29) is 51.2 Å². The lowest BCUT2D eigenvalue weighted by atomic mass is 9.49. The molecule has 4 aliphatic rings. The van der Waals surface area contributed by atoms with Crippen molar-refractivity contribution in [2.24, 2.45) is 23.7 Å². The molecular formula is C38H33Cl2F3N4O8. The van der Waals surface area contributed by atoms with Crippen molar-refractivity contribution in [3.8, 4) is 5.75 Å². The summed E-state index contributed by atoms with van der Waals surface area (Å²) in [6, 6.07) is 13.7. The number of carbonyl (C=O) groups excluding carboxylic acids is 4. The summed E-state index contributed by atoms with van der Waals surface area (Å²) in [6.07, 6.45) is -2.62. The maximum absolute atomic E-state index is 15.3. The first-order valence-corrected chi connectivity index (χ1v) is 18.2. The molecule has 2 aromatic carbocycles. The van der Waals surface area contributed by atoms with Crippen LogP contribution in [-0.4, -0.2) is 74.5 Å². The third kappa shape index (κ3) is 6.41. The number of hydrogen-bond donors (Lipinski definition) is 3. The van der Waals surface area contributed by atoms with Crippen LogP contribution in [0.2, 0.25) is 10.0 Å². The molecule has 0 unspecified atom stereocenters. The van der Waals surface area contributed by atoms with Crippen LogP contribution in [0.5, 0.6) is 5.75 Å². The van der Waals surface area contributed by atoms with Crippen LogP contribution in [0.15, 0.2) is 72.4 Å². The molecule has 0 spiro atoms. The van der Waals surface area contributed by atoms with E-state index >= 15 is 4.79 Å². The molecule has 1 aromatic heterocycles. The van der Waals surface area contributed by atoms with E-state index in [4.69, 9.17) is 27.9 Å². The van der Waals surface area contributed by atoms with E-state index in [0.717, 1.165) is 4.90 Å². The minimum absolute atomic E-state index is 0.0475. The standard InChI is InChI=1S/C38H33Cl2F3N4O8/c39-21-9-7-19(8-10-21)37-26(34(52)47(36(37)54)45-32-27(40)16-20(18-44-32)38(41,42)43)17-25-22(31(37)23-4-1-2-5-28(23)55-15-14-48)11-12-24-30(25)35(53)46(33(24)51)13-3-6-29(49)50/h1-2,4-5,7-11,16,18,24-26,30-31,48H,3,6,12-15,17H2,(H,44,45)(H,49,50)/t24-,25+,26-,30-,31+,37+/m0/s1. The summed E-state index contributed by atoms with van der Waals surface area (Å²) in [6.45, 7) is -0.566. The number of aliphatic hydroxyl groups is 1. The molecule has 3 heterocycles. The van der Waals surface area contributed by atoms with Gasteiger partial charge in [0.2, 0.25) is 11.8 Å². The quantitative estimate of drug-likeness (QED) is 0.164. The van der Waals surface area contributed by atoms with Crippen LogP contribution in [0.4, 0.5) is 19.0 Å². The van der Waals surface area contributed by atoms with E-state index in [1.807, 2.05) is 6.08 Å². The van der Waals surface area contributed by atoms with Crippen LogP contribution in [-0.2, 0) is 35.6 Å². The highest BCUT2D eigenvalue weighted by atomic mass is 35.5. The van der Waals surface area contributed by atoms with Gasteiger partial charge in [-0.15, -0.1) is 0 Å². The molecule has 7 rings (SSSR count). The molecule has 3 aromatic rings. The fourth-order valence-electron chi connectivity index (χ4n) is 8.81. The average Bonchev–Trinajstić information content (AvgIpc) is 3.51. The van der Waals surface area contributed by atoms with Crippen LogP contribution >= 0.6 is 23.2 Å². The number of carbonyl (C=O) groups is 5. The Bertz CT molecular complexity index is 2120. The number of imide groups is 2. The van der Waals surface area contributed by atoms with Crippen LogP contribution in [0.3, 0.4) is 0 Å². The lowest BCUT2D eigenvalue weighted by Crippen LogP contribution is -2.53. The number of nitrogens with one attached hydrogen (secondary N) is 1. The number of hydrazine groups is 1. The number of hydrogen-bond acceptors (Lipinski definition) is 9. The van der Waals surface area contributed by atoms with Gasteiger partial charge in [-0.3, -0.25) is 34.3 Å². The highest BCUT2D eigenvalue weighted by Crippen LogP contribution is 2.65. The number of likely N-dealkylation sites (tertiary alicyclic amines) is 1. The number of carboxylic acid groups (broad SMARTS) is 1. The summed E-state index contributed by atoms with van der Waals surface area (Å²) in [4.78, 5) is 74.1. The number of halogens is 5. The predicted octanol–water partition coefficient (Wildman–Crippen LogP) is 5.63.